The van der Waals surface area contributed by atoms with Gasteiger partial charge in [-0.15, -0.1) is 0 Å². The first-order valence-corrected chi connectivity index (χ1v) is 5.07. The lowest BCUT2D eigenvalue weighted by molar-refractivity contribution is 0.0232. The van der Waals surface area contributed by atoms with E-state index in [2.05, 4.69) is 10.3 Å². The molecule has 0 atom stereocenters. The van der Waals surface area contributed by atoms with E-state index in [0.29, 0.717) is 0 Å². The number of nitrogens with one attached hydrogen (secondary N) is 1. The molecule has 0 amide bonds. The van der Waals surface area contributed by atoms with Gasteiger partial charge in [-0.1, -0.05) is 0 Å². The van der Waals surface area contributed by atoms with Crippen molar-refractivity contribution in [3.63, 3.8) is 0 Å². The van der Waals surface area contributed by atoms with Crippen molar-refractivity contribution in [2.75, 3.05) is 30.1 Å². The lowest BCUT2D eigenvalue weighted by Crippen LogP contribution is -2.40. The molecule has 0 saturated carbocycles. The maximum Gasteiger partial charge on any atom is 0.157 e. The molecule has 2 aliphatic rings. The van der Waals surface area contributed by atoms with Crippen LogP contribution < -0.4 is 10.4 Å². The number of rotatable bonds is 1. The zero-order valence-electron chi connectivity index (χ0n) is 7.99. The Morgan fingerprint density at radius 3 is 3.21 bits per heavy atom. The summed E-state index contributed by atoms with van der Waals surface area (Å²) in [5, 5.41) is 5.26. The number of anilines is 2. The fourth-order valence-corrected chi connectivity index (χ4v) is 1.95. The molecule has 4 nitrogen and oxygen atoms in total. The van der Waals surface area contributed by atoms with Crippen LogP contribution in [-0.4, -0.2) is 24.7 Å². The van der Waals surface area contributed by atoms with E-state index < -0.39 is 0 Å². The van der Waals surface area contributed by atoms with E-state index in [1.807, 2.05) is 17.3 Å². The summed E-state index contributed by atoms with van der Waals surface area (Å²) >= 11 is 0. The van der Waals surface area contributed by atoms with Crippen molar-refractivity contribution in [3.8, 4) is 0 Å². The smallest absolute Gasteiger partial charge is 0.157 e. The normalized spacial score (nSPS) is 19.6. The topological polar surface area (TPSA) is 37.4 Å². The van der Waals surface area contributed by atoms with Gasteiger partial charge in [0.2, 0.25) is 0 Å². The first-order valence-electron chi connectivity index (χ1n) is 5.07. The number of hydrogen-bond acceptors (Lipinski definition) is 4. The van der Waals surface area contributed by atoms with Gasteiger partial charge in [0.25, 0.3) is 0 Å². The van der Waals surface area contributed by atoms with Crippen molar-refractivity contribution in [1.82, 2.24) is 4.98 Å². The lowest BCUT2D eigenvalue weighted by atomic mass is 10.0. The Labute approximate surface area is 82.8 Å². The van der Waals surface area contributed by atoms with Gasteiger partial charge in [0.15, 0.2) is 5.82 Å². The van der Waals surface area contributed by atoms with E-state index in [1.165, 1.54) is 17.7 Å². The molecule has 74 valence electrons. The summed E-state index contributed by atoms with van der Waals surface area (Å²) in [7, 11) is 0. The number of nitrogens with zero attached hydrogens (tertiary/aromatic N) is 2. The second-order valence-electron chi connectivity index (χ2n) is 3.63. The molecule has 1 aromatic heterocycles. The zero-order chi connectivity index (χ0) is 9.38. The van der Waals surface area contributed by atoms with Gasteiger partial charge in [-0.25, -0.2) is 10.0 Å². The Hall–Kier alpha value is -1.29. The SMILES string of the molecule is c1cc2c(c(N3CCO3)n1)CCCN2. The Morgan fingerprint density at radius 1 is 1.50 bits per heavy atom. The Morgan fingerprint density at radius 2 is 2.43 bits per heavy atom. The molecule has 0 radical (unpaired) electrons. The van der Waals surface area contributed by atoms with Gasteiger partial charge in [-0.2, -0.15) is 0 Å². The van der Waals surface area contributed by atoms with Crippen LogP contribution in [0.1, 0.15) is 12.0 Å². The summed E-state index contributed by atoms with van der Waals surface area (Å²) in [5.41, 5.74) is 2.52. The van der Waals surface area contributed by atoms with Crippen molar-refractivity contribution >= 4 is 11.5 Å². The standard InChI is InChI=1S/C10H13N3O/c1-2-8-9(11-4-1)3-5-12-10(8)13-6-7-14-13/h3,5,11H,1-2,4,6-7H2. The van der Waals surface area contributed by atoms with E-state index >= 15 is 0 Å². The highest BCUT2D eigenvalue weighted by Gasteiger charge is 2.23. The van der Waals surface area contributed by atoms with Gasteiger partial charge in [0, 0.05) is 24.0 Å². The third-order valence-electron chi connectivity index (χ3n) is 2.73. The summed E-state index contributed by atoms with van der Waals surface area (Å²) < 4.78 is 0. The van der Waals surface area contributed by atoms with E-state index in [4.69, 9.17) is 4.84 Å². The molecular weight excluding hydrogens is 178 g/mol. The molecule has 1 N–H and O–H groups in total. The Balaban J connectivity index is 2.01. The van der Waals surface area contributed by atoms with Crippen LogP contribution in [-0.2, 0) is 11.3 Å². The predicted molar refractivity (Wildman–Crippen MR) is 54.3 cm³/mol. The van der Waals surface area contributed by atoms with Gasteiger partial charge < -0.3 is 5.32 Å². The number of fused-ring (bicyclic) bond motifs is 1. The van der Waals surface area contributed by atoms with Gasteiger partial charge in [0.05, 0.1) is 13.2 Å². The molecule has 0 bridgehead atoms. The first-order chi connectivity index (χ1) is 6.95. The minimum absolute atomic E-state index is 0.818. The third kappa shape index (κ3) is 1.14. The Kier molecular flexibility index (Phi) is 1.80. The molecule has 0 unspecified atom stereocenters. The number of hydrogen-bond donors (Lipinski definition) is 1. The van der Waals surface area contributed by atoms with Crippen LogP contribution in [0.15, 0.2) is 12.3 Å². The van der Waals surface area contributed by atoms with E-state index in [1.54, 1.807) is 0 Å². The molecule has 0 aliphatic carbocycles. The first kappa shape index (κ1) is 8.05. The van der Waals surface area contributed by atoms with Crippen molar-refractivity contribution in [3.05, 3.63) is 17.8 Å². The monoisotopic (exact) mass is 191 g/mol. The van der Waals surface area contributed by atoms with Crippen molar-refractivity contribution < 1.29 is 4.84 Å². The minimum Gasteiger partial charge on any atom is -0.385 e. The van der Waals surface area contributed by atoms with Crippen molar-refractivity contribution in [2.45, 2.75) is 12.8 Å². The summed E-state index contributed by atoms with van der Waals surface area (Å²) in [4.78, 5) is 9.70. The number of hydroxylamine groups is 1. The quantitative estimate of drug-likeness (QED) is 0.723. The molecule has 2 aliphatic heterocycles. The highest BCUT2D eigenvalue weighted by atomic mass is 16.7. The Bertz CT molecular complexity index is 349. The summed E-state index contributed by atoms with van der Waals surface area (Å²) in [6, 6.07) is 2.04. The van der Waals surface area contributed by atoms with Crippen LogP contribution in [0, 0.1) is 0 Å². The van der Waals surface area contributed by atoms with Crippen molar-refractivity contribution in [1.29, 1.82) is 0 Å². The predicted octanol–water partition coefficient (Wildman–Crippen LogP) is 1.19. The molecule has 3 heterocycles. The molecule has 1 aromatic rings. The average molecular weight is 191 g/mol. The molecular formula is C10H13N3O. The second-order valence-corrected chi connectivity index (χ2v) is 3.63. The second kappa shape index (κ2) is 3.13. The van der Waals surface area contributed by atoms with E-state index in [-0.39, 0.29) is 0 Å². The van der Waals surface area contributed by atoms with Crippen LogP contribution in [0.2, 0.25) is 0 Å². The molecule has 0 aromatic carbocycles. The van der Waals surface area contributed by atoms with E-state index in [9.17, 15) is 0 Å². The highest BCUT2D eigenvalue weighted by Crippen LogP contribution is 2.30. The van der Waals surface area contributed by atoms with Crippen LogP contribution in [0.25, 0.3) is 0 Å². The van der Waals surface area contributed by atoms with Gasteiger partial charge in [0.1, 0.15) is 0 Å². The third-order valence-corrected chi connectivity index (χ3v) is 2.73. The van der Waals surface area contributed by atoms with Gasteiger partial charge >= 0.3 is 0 Å². The fourth-order valence-electron chi connectivity index (χ4n) is 1.95. The summed E-state index contributed by atoms with van der Waals surface area (Å²) in [6.07, 6.45) is 4.12. The minimum atomic E-state index is 0.818. The average Bonchev–Trinajstić information content (AvgIpc) is 2.16. The van der Waals surface area contributed by atoms with Crippen LogP contribution in [0.3, 0.4) is 0 Å². The molecule has 14 heavy (non-hydrogen) atoms. The zero-order valence-corrected chi connectivity index (χ0v) is 7.99. The van der Waals surface area contributed by atoms with Gasteiger partial charge in [-0.3, -0.25) is 4.84 Å². The molecule has 1 saturated heterocycles. The maximum atomic E-state index is 5.33. The van der Waals surface area contributed by atoms with Crippen LogP contribution >= 0.6 is 0 Å². The van der Waals surface area contributed by atoms with Crippen LogP contribution in [0.4, 0.5) is 11.5 Å². The maximum absolute atomic E-state index is 5.33. The molecule has 4 heteroatoms. The largest absolute Gasteiger partial charge is 0.385 e. The van der Waals surface area contributed by atoms with E-state index in [0.717, 1.165) is 31.9 Å². The highest BCUT2D eigenvalue weighted by molar-refractivity contribution is 5.63. The fraction of sp³-hybridized carbons (Fsp3) is 0.500. The summed E-state index contributed by atoms with van der Waals surface area (Å²) in [6.45, 7) is 2.85. The molecule has 0 spiro atoms. The number of aromatic nitrogens is 1. The lowest BCUT2D eigenvalue weighted by Gasteiger charge is -2.33. The molecule has 1 fully saturated rings. The van der Waals surface area contributed by atoms with Crippen molar-refractivity contribution in [2.24, 2.45) is 0 Å². The van der Waals surface area contributed by atoms with Gasteiger partial charge in [-0.05, 0) is 18.9 Å². The number of pyridine rings is 1. The molecule has 3 rings (SSSR count). The van der Waals surface area contributed by atoms with Crippen LogP contribution in [0.5, 0.6) is 0 Å². The summed E-state index contributed by atoms with van der Waals surface area (Å²) in [5.74, 6) is 1.00.